The van der Waals surface area contributed by atoms with Gasteiger partial charge < -0.3 is 20.3 Å². The largest absolute Gasteiger partial charge is 0.505 e. The third kappa shape index (κ3) is 3.72. The molecule has 6 nitrogen and oxygen atoms in total. The van der Waals surface area contributed by atoms with Crippen LogP contribution in [0.5, 0.6) is 17.2 Å². The number of aromatic hydroxyl groups is 2. The van der Waals surface area contributed by atoms with E-state index in [9.17, 15) is 10.2 Å². The van der Waals surface area contributed by atoms with E-state index in [0.29, 0.717) is 34.8 Å². The van der Waals surface area contributed by atoms with Crippen LogP contribution >= 0.6 is 0 Å². The molecule has 0 bridgehead atoms. The highest BCUT2D eigenvalue weighted by molar-refractivity contribution is 5.86. The van der Waals surface area contributed by atoms with Gasteiger partial charge in [0.05, 0.1) is 12.6 Å². The Morgan fingerprint density at radius 2 is 1.73 bits per heavy atom. The second-order valence-corrected chi connectivity index (χ2v) is 6.95. The number of hydrogen-bond acceptors (Lipinski definition) is 6. The van der Waals surface area contributed by atoms with Crippen LogP contribution in [0.2, 0.25) is 0 Å². The number of aromatic nitrogens is 2. The molecule has 4 rings (SSSR count). The fourth-order valence-electron chi connectivity index (χ4n) is 3.48. The van der Waals surface area contributed by atoms with Gasteiger partial charge in [-0.25, -0.2) is 9.97 Å². The summed E-state index contributed by atoms with van der Waals surface area (Å²) < 4.78 is 5.56. The van der Waals surface area contributed by atoms with Gasteiger partial charge >= 0.3 is 0 Å². The van der Waals surface area contributed by atoms with Gasteiger partial charge in [0.15, 0.2) is 11.5 Å². The number of nitrogens with zero attached hydrogens (tertiary/aromatic N) is 2. The van der Waals surface area contributed by atoms with Crippen molar-refractivity contribution in [1.29, 1.82) is 0 Å². The van der Waals surface area contributed by atoms with E-state index in [2.05, 4.69) is 15.3 Å². The second-order valence-electron chi connectivity index (χ2n) is 6.95. The summed E-state index contributed by atoms with van der Waals surface area (Å²) in [5, 5.41) is 26.2. The number of aryl methyl sites for hydroxylation is 1. The summed E-state index contributed by atoms with van der Waals surface area (Å²) in [6.45, 7) is 4.17. The molecule has 2 aromatic carbocycles. The molecule has 4 aromatic rings. The van der Waals surface area contributed by atoms with E-state index in [1.165, 1.54) is 0 Å². The topological polar surface area (TPSA) is 87.5 Å². The van der Waals surface area contributed by atoms with Crippen LogP contribution in [0.25, 0.3) is 10.9 Å². The third-order valence-electron chi connectivity index (χ3n) is 4.92. The normalized spacial score (nSPS) is 11.9. The first kappa shape index (κ1) is 19.5. The number of hydrogen-bond donors (Lipinski definition) is 3. The third-order valence-corrected chi connectivity index (χ3v) is 4.92. The Labute approximate surface area is 174 Å². The lowest BCUT2D eigenvalue weighted by Gasteiger charge is -2.23. The molecular weight excluding hydrogens is 378 g/mol. The molecule has 0 radical (unpaired) electrons. The average molecular weight is 401 g/mol. The zero-order valence-electron chi connectivity index (χ0n) is 16.8. The zero-order valence-corrected chi connectivity index (χ0v) is 16.8. The average Bonchev–Trinajstić information content (AvgIpc) is 2.76. The van der Waals surface area contributed by atoms with Gasteiger partial charge in [0.2, 0.25) is 0 Å². The minimum Gasteiger partial charge on any atom is -0.505 e. The SMILES string of the molecule is CCOc1cccc([C@@H](Nc2ccccn2)c2ccc3ccc(C)nc3c2O)c1O. The molecule has 0 aliphatic carbocycles. The Bertz CT molecular complexity index is 1180. The molecule has 2 aromatic heterocycles. The first-order chi connectivity index (χ1) is 14.6. The van der Waals surface area contributed by atoms with Crippen molar-refractivity contribution < 1.29 is 14.9 Å². The van der Waals surface area contributed by atoms with Crippen LogP contribution in [0.1, 0.15) is 29.8 Å². The number of pyridine rings is 2. The summed E-state index contributed by atoms with van der Waals surface area (Å²) in [5.41, 5.74) is 2.47. The molecule has 0 saturated carbocycles. The molecule has 0 fully saturated rings. The molecular formula is C24H23N3O3. The van der Waals surface area contributed by atoms with Crippen LogP contribution in [-0.4, -0.2) is 26.8 Å². The highest BCUT2D eigenvalue weighted by atomic mass is 16.5. The fraction of sp³-hybridized carbons (Fsp3) is 0.167. The predicted molar refractivity (Wildman–Crippen MR) is 117 cm³/mol. The fourth-order valence-corrected chi connectivity index (χ4v) is 3.48. The van der Waals surface area contributed by atoms with Gasteiger partial charge in [-0.15, -0.1) is 0 Å². The quantitative estimate of drug-likeness (QED) is 0.424. The van der Waals surface area contributed by atoms with Gasteiger partial charge in [-0.3, -0.25) is 0 Å². The van der Waals surface area contributed by atoms with Gasteiger partial charge in [-0.1, -0.05) is 36.4 Å². The summed E-state index contributed by atoms with van der Waals surface area (Å²) in [7, 11) is 0. The van der Waals surface area contributed by atoms with Gasteiger partial charge in [0, 0.05) is 28.4 Å². The summed E-state index contributed by atoms with van der Waals surface area (Å²) in [6, 6.07) is 17.9. The van der Waals surface area contributed by atoms with E-state index in [-0.39, 0.29) is 11.5 Å². The van der Waals surface area contributed by atoms with Crippen molar-refractivity contribution in [1.82, 2.24) is 9.97 Å². The highest BCUT2D eigenvalue weighted by Gasteiger charge is 2.24. The standard InChI is InChI=1S/C24H23N3O3/c1-3-30-19-8-6-7-17(23(19)28)22(27-20-9-4-5-14-25-20)18-13-12-16-11-10-15(2)26-21(16)24(18)29/h4-14,22,28-29H,3H2,1-2H3,(H,25,27)/t22-/m1/s1. The molecule has 0 saturated heterocycles. The molecule has 6 heteroatoms. The smallest absolute Gasteiger partial charge is 0.163 e. The maximum absolute atomic E-state index is 11.1. The molecule has 0 amide bonds. The number of phenols is 2. The van der Waals surface area contributed by atoms with Crippen molar-refractivity contribution in [2.24, 2.45) is 0 Å². The number of fused-ring (bicyclic) bond motifs is 1. The number of benzene rings is 2. The highest BCUT2D eigenvalue weighted by Crippen LogP contribution is 2.42. The van der Waals surface area contributed by atoms with Crippen LogP contribution in [0.3, 0.4) is 0 Å². The van der Waals surface area contributed by atoms with Gasteiger partial charge in [0.1, 0.15) is 17.1 Å². The van der Waals surface area contributed by atoms with Gasteiger partial charge in [0.25, 0.3) is 0 Å². The molecule has 2 heterocycles. The molecule has 30 heavy (non-hydrogen) atoms. The minimum absolute atomic E-state index is 0.0180. The van der Waals surface area contributed by atoms with Crippen molar-refractivity contribution in [2.75, 3.05) is 11.9 Å². The van der Waals surface area contributed by atoms with Crippen LogP contribution < -0.4 is 10.1 Å². The summed E-state index contributed by atoms with van der Waals surface area (Å²) in [5.74, 6) is 1.08. The summed E-state index contributed by atoms with van der Waals surface area (Å²) in [4.78, 5) is 8.85. The maximum atomic E-state index is 11.1. The first-order valence-electron chi connectivity index (χ1n) is 9.80. The minimum atomic E-state index is -0.577. The first-order valence-corrected chi connectivity index (χ1v) is 9.80. The lowest BCUT2D eigenvalue weighted by molar-refractivity contribution is 0.316. The molecule has 0 aliphatic rings. The second kappa shape index (κ2) is 8.29. The molecule has 0 unspecified atom stereocenters. The van der Waals surface area contributed by atoms with Crippen molar-refractivity contribution in [2.45, 2.75) is 19.9 Å². The number of ether oxygens (including phenoxy) is 1. The number of para-hydroxylation sites is 1. The maximum Gasteiger partial charge on any atom is 0.163 e. The number of nitrogens with one attached hydrogen (secondary N) is 1. The van der Waals surface area contributed by atoms with E-state index in [4.69, 9.17) is 4.74 Å². The monoisotopic (exact) mass is 401 g/mol. The molecule has 1 atom stereocenters. The lowest BCUT2D eigenvalue weighted by atomic mass is 9.95. The number of rotatable bonds is 6. The van der Waals surface area contributed by atoms with Crippen molar-refractivity contribution in [3.8, 4) is 17.2 Å². The van der Waals surface area contributed by atoms with Crippen molar-refractivity contribution in [3.05, 3.63) is 83.7 Å². The molecule has 0 spiro atoms. The van der Waals surface area contributed by atoms with Gasteiger partial charge in [-0.2, -0.15) is 0 Å². The number of phenolic OH excluding ortho intramolecular Hbond substituents is 2. The van der Waals surface area contributed by atoms with Crippen LogP contribution in [0.15, 0.2) is 66.9 Å². The Morgan fingerprint density at radius 1 is 0.933 bits per heavy atom. The van der Waals surface area contributed by atoms with Crippen LogP contribution in [-0.2, 0) is 0 Å². The van der Waals surface area contributed by atoms with Gasteiger partial charge in [-0.05, 0) is 38.1 Å². The Morgan fingerprint density at radius 3 is 2.50 bits per heavy atom. The Balaban J connectivity index is 1.90. The Kier molecular flexibility index (Phi) is 5.39. The van der Waals surface area contributed by atoms with E-state index in [1.807, 2.05) is 62.4 Å². The predicted octanol–water partition coefficient (Wildman–Crippen LogP) is 4.95. The van der Waals surface area contributed by atoms with E-state index in [0.717, 1.165) is 11.1 Å². The van der Waals surface area contributed by atoms with Crippen molar-refractivity contribution >= 4 is 16.7 Å². The van der Waals surface area contributed by atoms with Crippen LogP contribution in [0.4, 0.5) is 5.82 Å². The Hall–Kier alpha value is -3.80. The number of anilines is 1. The lowest BCUT2D eigenvalue weighted by Crippen LogP contribution is -2.14. The summed E-state index contributed by atoms with van der Waals surface area (Å²) in [6.07, 6.45) is 1.68. The molecule has 3 N–H and O–H groups in total. The summed E-state index contributed by atoms with van der Waals surface area (Å²) >= 11 is 0. The zero-order chi connectivity index (χ0) is 21.1. The van der Waals surface area contributed by atoms with Crippen LogP contribution in [0, 0.1) is 6.92 Å². The molecule has 152 valence electrons. The van der Waals surface area contributed by atoms with E-state index in [1.54, 1.807) is 18.3 Å². The van der Waals surface area contributed by atoms with Crippen molar-refractivity contribution in [3.63, 3.8) is 0 Å². The van der Waals surface area contributed by atoms with E-state index >= 15 is 0 Å². The van der Waals surface area contributed by atoms with E-state index < -0.39 is 6.04 Å². The molecule has 0 aliphatic heterocycles.